The Kier molecular flexibility index (Phi) is 4.04. The summed E-state index contributed by atoms with van der Waals surface area (Å²) in [6.45, 7) is 1.85. The van der Waals surface area contributed by atoms with Gasteiger partial charge in [0.25, 0.3) is 0 Å². The van der Waals surface area contributed by atoms with E-state index in [-0.39, 0.29) is 5.82 Å². The van der Waals surface area contributed by atoms with E-state index in [2.05, 4.69) is 30.1 Å². The van der Waals surface area contributed by atoms with Gasteiger partial charge in [-0.15, -0.1) is 0 Å². The zero-order valence-electron chi connectivity index (χ0n) is 17.0. The molecule has 7 nitrogen and oxygen atoms in total. The zero-order chi connectivity index (χ0) is 21.7. The summed E-state index contributed by atoms with van der Waals surface area (Å²) in [6, 6.07) is 12.7. The molecule has 0 atom stereocenters. The minimum atomic E-state index is -0.301. The van der Waals surface area contributed by atoms with E-state index in [1.165, 1.54) is 12.1 Å². The molecular weight excluding hydrogens is 405 g/mol. The van der Waals surface area contributed by atoms with Gasteiger partial charge < -0.3 is 4.98 Å². The Hall–Kier alpha value is -4.46. The number of benzene rings is 2. The van der Waals surface area contributed by atoms with E-state index >= 15 is 0 Å². The molecule has 0 radical (unpaired) electrons. The predicted octanol–water partition coefficient (Wildman–Crippen LogP) is 5.07. The van der Waals surface area contributed by atoms with E-state index in [9.17, 15) is 4.39 Å². The third-order valence-corrected chi connectivity index (χ3v) is 5.36. The smallest absolute Gasteiger partial charge is 0.159 e. The number of nitrogens with one attached hydrogen (secondary N) is 2. The van der Waals surface area contributed by atoms with E-state index in [4.69, 9.17) is 4.98 Å². The number of aromatic amines is 2. The first-order valence-corrected chi connectivity index (χ1v) is 10.0. The summed E-state index contributed by atoms with van der Waals surface area (Å²) in [4.78, 5) is 21.1. The molecule has 6 aromatic rings. The topological polar surface area (TPSA) is 96.0 Å². The number of imidazole rings is 1. The highest BCUT2D eigenvalue weighted by Gasteiger charge is 2.17. The van der Waals surface area contributed by atoms with Crippen LogP contribution < -0.4 is 0 Å². The molecule has 6 rings (SSSR count). The molecule has 0 aliphatic rings. The van der Waals surface area contributed by atoms with Crippen LogP contribution in [-0.4, -0.2) is 35.1 Å². The fourth-order valence-electron chi connectivity index (χ4n) is 3.93. The maximum absolute atomic E-state index is 14.0. The van der Waals surface area contributed by atoms with Gasteiger partial charge in [-0.25, -0.2) is 9.37 Å². The highest BCUT2D eigenvalue weighted by molar-refractivity contribution is 5.97. The Bertz CT molecular complexity index is 1580. The van der Waals surface area contributed by atoms with Crippen LogP contribution in [-0.2, 0) is 0 Å². The first-order chi connectivity index (χ1) is 15.7. The van der Waals surface area contributed by atoms with Gasteiger partial charge in [0.05, 0.1) is 28.6 Å². The van der Waals surface area contributed by atoms with Crippen molar-refractivity contribution < 1.29 is 4.39 Å². The average Bonchev–Trinajstić information content (AvgIpc) is 3.42. The van der Waals surface area contributed by atoms with E-state index < -0.39 is 0 Å². The molecule has 2 aromatic carbocycles. The zero-order valence-corrected chi connectivity index (χ0v) is 17.0. The van der Waals surface area contributed by atoms with E-state index in [0.29, 0.717) is 28.3 Å². The maximum atomic E-state index is 14.0. The summed E-state index contributed by atoms with van der Waals surface area (Å²) in [6.07, 6.45) is 6.72. The average molecular weight is 421 g/mol. The Morgan fingerprint density at radius 1 is 0.844 bits per heavy atom. The molecule has 0 unspecified atom stereocenters. The number of pyridine rings is 1. The van der Waals surface area contributed by atoms with E-state index in [1.54, 1.807) is 24.8 Å². The van der Waals surface area contributed by atoms with Gasteiger partial charge in [0.2, 0.25) is 0 Å². The summed E-state index contributed by atoms with van der Waals surface area (Å²) in [7, 11) is 0. The van der Waals surface area contributed by atoms with E-state index in [1.807, 2.05) is 37.3 Å². The van der Waals surface area contributed by atoms with Crippen molar-refractivity contribution in [2.75, 3.05) is 0 Å². The molecule has 0 amide bonds. The Morgan fingerprint density at radius 3 is 2.62 bits per heavy atom. The predicted molar refractivity (Wildman–Crippen MR) is 120 cm³/mol. The molecule has 0 fully saturated rings. The lowest BCUT2D eigenvalue weighted by atomic mass is 10.1. The second-order valence-corrected chi connectivity index (χ2v) is 7.58. The Labute approximate surface area is 181 Å². The number of aromatic nitrogens is 7. The van der Waals surface area contributed by atoms with Crippen molar-refractivity contribution in [3.05, 3.63) is 78.6 Å². The van der Waals surface area contributed by atoms with Crippen LogP contribution in [0.15, 0.2) is 67.3 Å². The van der Waals surface area contributed by atoms with Crippen LogP contribution in [0.4, 0.5) is 4.39 Å². The van der Waals surface area contributed by atoms with Crippen LogP contribution in [0, 0.1) is 12.7 Å². The fourth-order valence-corrected chi connectivity index (χ4v) is 3.93. The molecule has 4 aromatic heterocycles. The van der Waals surface area contributed by atoms with Gasteiger partial charge in [-0.3, -0.25) is 20.1 Å². The number of nitrogens with zero attached hydrogens (tertiary/aromatic N) is 5. The molecule has 154 valence electrons. The minimum Gasteiger partial charge on any atom is -0.336 e. The Balaban J connectivity index is 1.52. The van der Waals surface area contributed by atoms with Gasteiger partial charge >= 0.3 is 0 Å². The number of halogens is 1. The number of hydrogen-bond acceptors (Lipinski definition) is 5. The lowest BCUT2D eigenvalue weighted by molar-refractivity contribution is 0.627. The highest BCUT2D eigenvalue weighted by atomic mass is 19.1. The summed E-state index contributed by atoms with van der Waals surface area (Å²) in [5.74, 6) is 0.300. The standard InChI is InChI=1S/C24H16FN7/c1-13-8-15(10-16(25)9-13)21-23-19(4-5-28-21)29-24(30-23)22-17-11-14(2-3-18(17)31-32-22)20-12-26-6-7-27-20/h2-12H,1H3,(H,29,30)(H,31,32). The Morgan fingerprint density at radius 2 is 1.78 bits per heavy atom. The number of aryl methyl sites for hydroxylation is 1. The number of fused-ring (bicyclic) bond motifs is 2. The molecule has 32 heavy (non-hydrogen) atoms. The quantitative estimate of drug-likeness (QED) is 0.416. The van der Waals surface area contributed by atoms with Crippen LogP contribution >= 0.6 is 0 Å². The largest absolute Gasteiger partial charge is 0.336 e. The van der Waals surface area contributed by atoms with Crippen molar-refractivity contribution in [3.8, 4) is 34.0 Å². The summed E-state index contributed by atoms with van der Waals surface area (Å²) in [5.41, 5.74) is 6.86. The van der Waals surface area contributed by atoms with Gasteiger partial charge in [0.1, 0.15) is 17.0 Å². The molecule has 0 spiro atoms. The van der Waals surface area contributed by atoms with Gasteiger partial charge in [-0.1, -0.05) is 6.07 Å². The molecule has 0 saturated heterocycles. The van der Waals surface area contributed by atoms with Gasteiger partial charge in [0.15, 0.2) is 5.82 Å². The lowest BCUT2D eigenvalue weighted by Gasteiger charge is -2.03. The fraction of sp³-hybridized carbons (Fsp3) is 0.0417. The van der Waals surface area contributed by atoms with Crippen LogP contribution in [0.1, 0.15) is 5.56 Å². The molecule has 4 heterocycles. The van der Waals surface area contributed by atoms with Gasteiger partial charge in [-0.2, -0.15) is 5.10 Å². The monoisotopic (exact) mass is 421 g/mol. The third kappa shape index (κ3) is 3.01. The molecule has 8 heteroatoms. The second kappa shape index (κ2) is 7.05. The van der Waals surface area contributed by atoms with Crippen molar-refractivity contribution in [1.29, 1.82) is 0 Å². The minimum absolute atomic E-state index is 0.301. The number of hydrogen-bond donors (Lipinski definition) is 2. The van der Waals surface area contributed by atoms with Crippen LogP contribution in [0.25, 0.3) is 56.0 Å². The van der Waals surface area contributed by atoms with Gasteiger partial charge in [-0.05, 0) is 48.9 Å². The first-order valence-electron chi connectivity index (χ1n) is 10.0. The maximum Gasteiger partial charge on any atom is 0.159 e. The summed E-state index contributed by atoms with van der Waals surface area (Å²) in [5, 5.41) is 8.46. The van der Waals surface area contributed by atoms with Crippen molar-refractivity contribution in [2.24, 2.45) is 0 Å². The first kappa shape index (κ1) is 18.3. The highest BCUT2D eigenvalue weighted by Crippen LogP contribution is 2.32. The van der Waals surface area contributed by atoms with Crippen LogP contribution in [0.3, 0.4) is 0 Å². The lowest BCUT2D eigenvalue weighted by Crippen LogP contribution is -1.88. The molecule has 0 aliphatic carbocycles. The SMILES string of the molecule is Cc1cc(F)cc(-c2nccc3[nH]c(-c4n[nH]c5ccc(-c6cnccn6)cc45)nc23)c1. The second-order valence-electron chi connectivity index (χ2n) is 7.58. The van der Waals surface area contributed by atoms with Gasteiger partial charge in [0, 0.05) is 35.1 Å². The number of H-pyrrole nitrogens is 2. The molecule has 2 N–H and O–H groups in total. The molecule has 0 saturated carbocycles. The summed E-state index contributed by atoms with van der Waals surface area (Å²) >= 11 is 0. The number of rotatable bonds is 3. The molecule has 0 aliphatic heterocycles. The van der Waals surface area contributed by atoms with Crippen molar-refractivity contribution in [3.63, 3.8) is 0 Å². The van der Waals surface area contributed by atoms with Crippen molar-refractivity contribution in [1.82, 2.24) is 35.1 Å². The van der Waals surface area contributed by atoms with Crippen LogP contribution in [0.5, 0.6) is 0 Å². The molecule has 0 bridgehead atoms. The van der Waals surface area contributed by atoms with Crippen LogP contribution in [0.2, 0.25) is 0 Å². The summed E-state index contributed by atoms with van der Waals surface area (Å²) < 4.78 is 14.0. The van der Waals surface area contributed by atoms with Crippen molar-refractivity contribution in [2.45, 2.75) is 6.92 Å². The van der Waals surface area contributed by atoms with E-state index in [0.717, 1.165) is 33.2 Å². The van der Waals surface area contributed by atoms with Crippen molar-refractivity contribution >= 4 is 21.9 Å². The molecular formula is C24H16FN7. The third-order valence-electron chi connectivity index (χ3n) is 5.36. The normalized spacial score (nSPS) is 11.4.